The van der Waals surface area contributed by atoms with Crippen molar-refractivity contribution in [3.8, 4) is 5.75 Å². The molecule has 0 saturated heterocycles. The van der Waals surface area contributed by atoms with Gasteiger partial charge in [-0.3, -0.25) is 9.69 Å². The van der Waals surface area contributed by atoms with Gasteiger partial charge in [0.15, 0.2) is 5.76 Å². The Balaban J connectivity index is 1.30. The fourth-order valence-corrected chi connectivity index (χ4v) is 3.27. The van der Waals surface area contributed by atoms with Gasteiger partial charge in [-0.1, -0.05) is 29.4 Å². The average Bonchev–Trinajstić information content (AvgIpc) is 3.32. The predicted molar refractivity (Wildman–Crippen MR) is 100 cm³/mol. The molecule has 0 bridgehead atoms. The molecule has 0 fully saturated rings. The van der Waals surface area contributed by atoms with E-state index in [1.54, 1.807) is 31.4 Å². The molecule has 4 rings (SSSR count). The third kappa shape index (κ3) is 4.01. The first-order valence-corrected chi connectivity index (χ1v) is 8.87. The Labute approximate surface area is 157 Å². The lowest BCUT2D eigenvalue weighted by Gasteiger charge is -2.11. The van der Waals surface area contributed by atoms with E-state index < -0.39 is 0 Å². The molecule has 1 N–H and O–H groups in total. The van der Waals surface area contributed by atoms with Crippen LogP contribution < -0.4 is 10.1 Å². The summed E-state index contributed by atoms with van der Waals surface area (Å²) in [4.78, 5) is 14.5. The van der Waals surface area contributed by atoms with Crippen LogP contribution in [0.15, 0.2) is 59.1 Å². The summed E-state index contributed by atoms with van der Waals surface area (Å²) in [6, 6.07) is 17.3. The molecule has 0 saturated carbocycles. The van der Waals surface area contributed by atoms with Crippen LogP contribution in [0.4, 0.5) is 0 Å². The first-order valence-electron chi connectivity index (χ1n) is 8.87. The van der Waals surface area contributed by atoms with E-state index in [1.165, 1.54) is 11.1 Å². The molecule has 27 heavy (non-hydrogen) atoms. The molecule has 2 heterocycles. The minimum Gasteiger partial charge on any atom is -0.497 e. The number of benzene rings is 2. The second kappa shape index (κ2) is 7.63. The zero-order valence-electron chi connectivity index (χ0n) is 15.1. The van der Waals surface area contributed by atoms with Crippen molar-refractivity contribution >= 4 is 5.91 Å². The summed E-state index contributed by atoms with van der Waals surface area (Å²) in [5.74, 6) is 1.20. The summed E-state index contributed by atoms with van der Waals surface area (Å²) < 4.78 is 10.5. The number of hydrogen-bond donors (Lipinski definition) is 1. The summed E-state index contributed by atoms with van der Waals surface area (Å²) in [7, 11) is 1.59. The fraction of sp³-hybridized carbons (Fsp3) is 0.238. The molecule has 2 aromatic carbocycles. The lowest BCUT2D eigenvalue weighted by molar-refractivity contribution is 0.0947. The summed E-state index contributed by atoms with van der Waals surface area (Å²) in [5, 5.41) is 6.98. The smallest absolute Gasteiger partial charge is 0.251 e. The molecular weight excluding hydrogens is 342 g/mol. The van der Waals surface area contributed by atoms with Gasteiger partial charge in [0, 0.05) is 31.3 Å². The highest BCUT2D eigenvalue weighted by atomic mass is 16.5. The molecule has 1 aliphatic heterocycles. The number of hydrogen-bond acceptors (Lipinski definition) is 5. The largest absolute Gasteiger partial charge is 0.497 e. The van der Waals surface area contributed by atoms with Crippen LogP contribution in [0.3, 0.4) is 0 Å². The van der Waals surface area contributed by atoms with Crippen molar-refractivity contribution in [3.63, 3.8) is 0 Å². The molecule has 1 aromatic heterocycles. The lowest BCUT2D eigenvalue weighted by Crippen LogP contribution is -2.22. The molecule has 3 aromatic rings. The first-order chi connectivity index (χ1) is 13.2. The minimum absolute atomic E-state index is 0.161. The van der Waals surface area contributed by atoms with Crippen molar-refractivity contribution in [2.45, 2.75) is 26.2 Å². The predicted octanol–water partition coefficient (Wildman–Crippen LogP) is 3.13. The third-order valence-electron chi connectivity index (χ3n) is 4.68. The van der Waals surface area contributed by atoms with Crippen LogP contribution in [0.2, 0.25) is 0 Å². The first kappa shape index (κ1) is 17.3. The number of fused-ring (bicyclic) bond motifs is 1. The maximum absolute atomic E-state index is 12.2. The molecule has 0 unspecified atom stereocenters. The number of methoxy groups -OCH3 is 1. The molecule has 1 aliphatic rings. The molecule has 0 aliphatic carbocycles. The molecule has 1 amide bonds. The van der Waals surface area contributed by atoms with E-state index in [4.69, 9.17) is 9.26 Å². The van der Waals surface area contributed by atoms with Gasteiger partial charge in [0.2, 0.25) is 0 Å². The van der Waals surface area contributed by atoms with Crippen molar-refractivity contribution in [3.05, 3.63) is 82.7 Å². The van der Waals surface area contributed by atoms with Crippen LogP contribution in [-0.2, 0) is 26.2 Å². The molecule has 0 radical (unpaired) electrons. The number of nitrogens with zero attached hydrogens (tertiary/aromatic N) is 2. The van der Waals surface area contributed by atoms with Gasteiger partial charge in [0.05, 0.1) is 19.3 Å². The number of aromatic nitrogens is 1. The number of nitrogens with one attached hydrogen (secondary N) is 1. The molecule has 0 spiro atoms. The van der Waals surface area contributed by atoms with E-state index in [0.717, 1.165) is 31.1 Å². The molecule has 6 heteroatoms. The number of ether oxygens (including phenoxy) is 1. The van der Waals surface area contributed by atoms with Crippen molar-refractivity contribution in [2.75, 3.05) is 7.11 Å². The Hall–Kier alpha value is -3.12. The zero-order chi connectivity index (χ0) is 18.6. The molecule has 6 nitrogen and oxygen atoms in total. The topological polar surface area (TPSA) is 67.6 Å². The number of rotatable bonds is 6. The Morgan fingerprint density at radius 1 is 1.15 bits per heavy atom. The van der Waals surface area contributed by atoms with Gasteiger partial charge in [-0.05, 0) is 35.4 Å². The highest BCUT2D eigenvalue weighted by molar-refractivity contribution is 5.94. The number of carbonyl (C=O) groups is 1. The van der Waals surface area contributed by atoms with E-state index in [-0.39, 0.29) is 5.91 Å². The van der Waals surface area contributed by atoms with Gasteiger partial charge in [0.25, 0.3) is 5.91 Å². The molecular formula is C21H21N3O3. The summed E-state index contributed by atoms with van der Waals surface area (Å²) >= 11 is 0. The highest BCUT2D eigenvalue weighted by Crippen LogP contribution is 2.23. The Bertz CT molecular complexity index is 909. The fourth-order valence-electron chi connectivity index (χ4n) is 3.27. The van der Waals surface area contributed by atoms with Crippen LogP contribution in [0, 0.1) is 0 Å². The van der Waals surface area contributed by atoms with Crippen LogP contribution in [0.1, 0.15) is 32.9 Å². The summed E-state index contributed by atoms with van der Waals surface area (Å²) in [6.07, 6.45) is 0. The maximum atomic E-state index is 12.2. The van der Waals surface area contributed by atoms with Crippen molar-refractivity contribution < 1.29 is 14.1 Å². The van der Waals surface area contributed by atoms with Gasteiger partial charge in [-0.25, -0.2) is 0 Å². The van der Waals surface area contributed by atoms with Crippen molar-refractivity contribution in [2.24, 2.45) is 0 Å². The van der Waals surface area contributed by atoms with E-state index in [2.05, 4.69) is 39.6 Å². The monoisotopic (exact) mass is 363 g/mol. The lowest BCUT2D eigenvalue weighted by atomic mass is 10.1. The average molecular weight is 363 g/mol. The quantitative estimate of drug-likeness (QED) is 0.729. The van der Waals surface area contributed by atoms with Crippen molar-refractivity contribution in [1.82, 2.24) is 15.4 Å². The molecule has 0 atom stereocenters. The SMILES string of the molecule is COc1ccc(C(=O)NCc2cc(CN3Cc4ccccc4C3)no2)cc1. The van der Waals surface area contributed by atoms with Gasteiger partial charge in [-0.15, -0.1) is 0 Å². The Kier molecular flexibility index (Phi) is 4.89. The second-order valence-electron chi connectivity index (χ2n) is 6.61. The van der Waals surface area contributed by atoms with Gasteiger partial charge < -0.3 is 14.6 Å². The van der Waals surface area contributed by atoms with Gasteiger partial charge >= 0.3 is 0 Å². The van der Waals surface area contributed by atoms with Crippen LogP contribution >= 0.6 is 0 Å². The van der Waals surface area contributed by atoms with Gasteiger partial charge in [0.1, 0.15) is 5.75 Å². The second-order valence-corrected chi connectivity index (χ2v) is 6.61. The zero-order valence-corrected chi connectivity index (χ0v) is 15.1. The van der Waals surface area contributed by atoms with E-state index in [9.17, 15) is 4.79 Å². The minimum atomic E-state index is -0.161. The van der Waals surface area contributed by atoms with E-state index in [0.29, 0.717) is 17.9 Å². The highest BCUT2D eigenvalue weighted by Gasteiger charge is 2.19. The number of amides is 1. The van der Waals surface area contributed by atoms with Crippen LogP contribution in [-0.4, -0.2) is 23.1 Å². The van der Waals surface area contributed by atoms with Crippen molar-refractivity contribution in [1.29, 1.82) is 0 Å². The molecule has 138 valence electrons. The van der Waals surface area contributed by atoms with E-state index in [1.807, 2.05) is 6.07 Å². The summed E-state index contributed by atoms with van der Waals surface area (Å²) in [6.45, 7) is 2.88. The standard InChI is InChI=1S/C21H21N3O3/c1-26-19-8-6-15(7-9-19)21(25)22-11-20-10-18(23-27-20)14-24-12-16-4-2-3-5-17(16)13-24/h2-10H,11-14H2,1H3,(H,22,25). The van der Waals surface area contributed by atoms with E-state index >= 15 is 0 Å². The van der Waals surface area contributed by atoms with Crippen LogP contribution in [0.5, 0.6) is 5.75 Å². The Morgan fingerprint density at radius 3 is 2.52 bits per heavy atom. The van der Waals surface area contributed by atoms with Gasteiger partial charge in [-0.2, -0.15) is 0 Å². The third-order valence-corrected chi connectivity index (χ3v) is 4.68. The Morgan fingerprint density at radius 2 is 1.85 bits per heavy atom. The number of carbonyl (C=O) groups excluding carboxylic acids is 1. The van der Waals surface area contributed by atoms with Crippen LogP contribution in [0.25, 0.3) is 0 Å². The summed E-state index contributed by atoms with van der Waals surface area (Å²) in [5.41, 5.74) is 4.18. The maximum Gasteiger partial charge on any atom is 0.251 e. The normalized spacial score (nSPS) is 13.4.